The van der Waals surface area contributed by atoms with Crippen LogP contribution in [0.2, 0.25) is 0 Å². The van der Waals surface area contributed by atoms with E-state index in [-0.39, 0.29) is 5.57 Å². The van der Waals surface area contributed by atoms with Crippen molar-refractivity contribution < 1.29 is 0 Å². The van der Waals surface area contributed by atoms with E-state index in [2.05, 4.69) is 17.2 Å². The third kappa shape index (κ3) is 4.58. The van der Waals surface area contributed by atoms with E-state index in [9.17, 15) is 0 Å². The van der Waals surface area contributed by atoms with Gasteiger partial charge in [0.05, 0.1) is 6.54 Å². The largest absolute Gasteiger partial charge is 0.378 e. The molecule has 1 N–H and O–H groups in total. The zero-order chi connectivity index (χ0) is 8.53. The smallest absolute Gasteiger partial charge is 0.145 e. The van der Waals surface area contributed by atoms with Crippen LogP contribution >= 0.6 is 0 Å². The molecule has 0 unspecified atom stereocenters. The molecule has 3 heteroatoms. The fraction of sp³-hybridized carbons (Fsp3) is 0.250. The molecule has 3 nitrogen and oxygen atoms in total. The van der Waals surface area contributed by atoms with Gasteiger partial charge in [-0.1, -0.05) is 5.92 Å². The first-order valence-corrected chi connectivity index (χ1v) is 2.98. The van der Waals surface area contributed by atoms with Gasteiger partial charge in [-0.25, -0.2) is 0 Å². The second-order valence-electron chi connectivity index (χ2n) is 1.59. The summed E-state index contributed by atoms with van der Waals surface area (Å²) in [7, 11) is 0. The van der Waals surface area contributed by atoms with Crippen molar-refractivity contribution in [2.24, 2.45) is 0 Å². The predicted molar refractivity (Wildman–Crippen MR) is 40.8 cm³/mol. The minimum absolute atomic E-state index is 0.0582. The van der Waals surface area contributed by atoms with Gasteiger partial charge in [0.2, 0.25) is 0 Å². The molecule has 0 bridgehead atoms. The SMILES string of the molecule is CC#CCNC=C(C#N)C#N. The van der Waals surface area contributed by atoms with E-state index in [0.717, 1.165) is 0 Å². The summed E-state index contributed by atoms with van der Waals surface area (Å²) in [6.07, 6.45) is 1.35. The molecule has 0 aromatic carbocycles. The van der Waals surface area contributed by atoms with Gasteiger partial charge < -0.3 is 5.32 Å². The molecule has 0 aromatic heterocycles. The fourth-order valence-corrected chi connectivity index (χ4v) is 0.382. The van der Waals surface area contributed by atoms with Crippen LogP contribution in [0.3, 0.4) is 0 Å². The lowest BCUT2D eigenvalue weighted by Gasteiger charge is -1.88. The van der Waals surface area contributed by atoms with Gasteiger partial charge in [0.15, 0.2) is 0 Å². The number of nitriles is 2. The Morgan fingerprint density at radius 1 is 1.45 bits per heavy atom. The van der Waals surface area contributed by atoms with Crippen LogP contribution in [0, 0.1) is 34.5 Å². The van der Waals surface area contributed by atoms with Gasteiger partial charge in [0.25, 0.3) is 0 Å². The minimum atomic E-state index is 0.0582. The summed E-state index contributed by atoms with van der Waals surface area (Å²) >= 11 is 0. The highest BCUT2D eigenvalue weighted by Gasteiger charge is 1.86. The summed E-state index contributed by atoms with van der Waals surface area (Å²) in [5, 5.41) is 19.2. The molecule has 0 amide bonds. The van der Waals surface area contributed by atoms with Crippen LogP contribution in [0.1, 0.15) is 6.92 Å². The average molecular weight is 145 g/mol. The van der Waals surface area contributed by atoms with Crippen LogP contribution in [0.15, 0.2) is 11.8 Å². The predicted octanol–water partition coefficient (Wildman–Crippen LogP) is 0.530. The molecule has 0 saturated heterocycles. The lowest BCUT2D eigenvalue weighted by Crippen LogP contribution is -2.05. The molecule has 0 spiro atoms. The Balaban J connectivity index is 3.82. The highest BCUT2D eigenvalue weighted by molar-refractivity contribution is 5.34. The summed E-state index contributed by atoms with van der Waals surface area (Å²) in [6.45, 7) is 2.18. The molecule has 0 aliphatic carbocycles. The van der Waals surface area contributed by atoms with E-state index >= 15 is 0 Å². The summed E-state index contributed by atoms with van der Waals surface area (Å²) in [5.74, 6) is 5.40. The van der Waals surface area contributed by atoms with Gasteiger partial charge in [-0.15, -0.1) is 5.92 Å². The third-order valence-electron chi connectivity index (χ3n) is 0.855. The number of nitrogens with one attached hydrogen (secondary N) is 1. The van der Waals surface area contributed by atoms with E-state index < -0.39 is 0 Å². The van der Waals surface area contributed by atoms with Crippen molar-refractivity contribution in [1.82, 2.24) is 5.32 Å². The first kappa shape index (κ1) is 9.08. The monoisotopic (exact) mass is 145 g/mol. The Hall–Kier alpha value is -1.92. The Kier molecular flexibility index (Phi) is 5.12. The van der Waals surface area contributed by atoms with Crippen molar-refractivity contribution in [2.45, 2.75) is 6.92 Å². The van der Waals surface area contributed by atoms with Crippen molar-refractivity contribution >= 4 is 0 Å². The molecular formula is C8H7N3. The van der Waals surface area contributed by atoms with Gasteiger partial charge in [-0.05, 0) is 6.92 Å². The van der Waals surface area contributed by atoms with Crippen molar-refractivity contribution in [3.05, 3.63) is 11.8 Å². The lowest BCUT2D eigenvalue weighted by molar-refractivity contribution is 1.00. The van der Waals surface area contributed by atoms with E-state index in [0.29, 0.717) is 6.54 Å². The molecule has 0 saturated carbocycles. The first-order chi connectivity index (χ1) is 5.35. The second kappa shape index (κ2) is 6.20. The summed E-state index contributed by atoms with van der Waals surface area (Å²) in [4.78, 5) is 0. The number of nitrogens with zero attached hydrogens (tertiary/aromatic N) is 2. The quantitative estimate of drug-likeness (QED) is 0.350. The molecule has 54 valence electrons. The Bertz CT molecular complexity index is 261. The minimum Gasteiger partial charge on any atom is -0.378 e. The lowest BCUT2D eigenvalue weighted by atomic mass is 10.3. The molecular weight excluding hydrogens is 138 g/mol. The van der Waals surface area contributed by atoms with E-state index in [1.165, 1.54) is 6.20 Å². The van der Waals surface area contributed by atoms with E-state index in [1.54, 1.807) is 19.1 Å². The Morgan fingerprint density at radius 3 is 2.55 bits per heavy atom. The Morgan fingerprint density at radius 2 is 2.09 bits per heavy atom. The zero-order valence-electron chi connectivity index (χ0n) is 6.18. The molecule has 0 fully saturated rings. The number of hydrogen-bond donors (Lipinski definition) is 1. The summed E-state index contributed by atoms with van der Waals surface area (Å²) in [6, 6.07) is 3.44. The van der Waals surface area contributed by atoms with Gasteiger partial charge in [0, 0.05) is 6.20 Å². The van der Waals surface area contributed by atoms with Crippen LogP contribution in [0.25, 0.3) is 0 Å². The van der Waals surface area contributed by atoms with Crippen molar-refractivity contribution in [1.29, 1.82) is 10.5 Å². The van der Waals surface area contributed by atoms with Crippen LogP contribution in [-0.4, -0.2) is 6.54 Å². The normalized spacial score (nSPS) is 6.09. The van der Waals surface area contributed by atoms with Crippen molar-refractivity contribution in [3.63, 3.8) is 0 Å². The molecule has 0 aromatic rings. The molecule has 0 atom stereocenters. The molecule has 0 rings (SSSR count). The first-order valence-electron chi connectivity index (χ1n) is 2.98. The van der Waals surface area contributed by atoms with Crippen LogP contribution in [-0.2, 0) is 0 Å². The van der Waals surface area contributed by atoms with Gasteiger partial charge >= 0.3 is 0 Å². The van der Waals surface area contributed by atoms with Crippen molar-refractivity contribution in [2.75, 3.05) is 6.54 Å². The maximum Gasteiger partial charge on any atom is 0.145 e. The maximum atomic E-state index is 8.27. The standard InChI is InChI=1S/C8H7N3/c1-2-3-4-11-7-8(5-9)6-10/h7,11H,4H2,1H3. The van der Waals surface area contributed by atoms with Gasteiger partial charge in [-0.2, -0.15) is 10.5 Å². The topological polar surface area (TPSA) is 59.6 Å². The highest BCUT2D eigenvalue weighted by Crippen LogP contribution is 1.83. The molecule has 0 aliphatic rings. The third-order valence-corrected chi connectivity index (χ3v) is 0.855. The zero-order valence-corrected chi connectivity index (χ0v) is 6.18. The maximum absolute atomic E-state index is 8.27. The molecule has 11 heavy (non-hydrogen) atoms. The van der Waals surface area contributed by atoms with E-state index in [1.807, 2.05) is 0 Å². The van der Waals surface area contributed by atoms with Gasteiger partial charge in [-0.3, -0.25) is 0 Å². The van der Waals surface area contributed by atoms with Crippen molar-refractivity contribution in [3.8, 4) is 24.0 Å². The fourth-order valence-electron chi connectivity index (χ4n) is 0.382. The second-order valence-corrected chi connectivity index (χ2v) is 1.59. The summed E-state index contributed by atoms with van der Waals surface area (Å²) < 4.78 is 0. The van der Waals surface area contributed by atoms with E-state index in [4.69, 9.17) is 10.5 Å². The van der Waals surface area contributed by atoms with Crippen LogP contribution < -0.4 is 5.32 Å². The summed E-state index contributed by atoms with van der Waals surface area (Å²) in [5.41, 5.74) is 0.0582. The van der Waals surface area contributed by atoms with Crippen LogP contribution in [0.5, 0.6) is 0 Å². The Labute approximate surface area is 65.9 Å². The highest BCUT2D eigenvalue weighted by atomic mass is 14.8. The molecule has 0 aliphatic heterocycles. The number of rotatable bonds is 2. The number of allylic oxidation sites excluding steroid dienone is 1. The number of hydrogen-bond acceptors (Lipinski definition) is 3. The van der Waals surface area contributed by atoms with Crippen LogP contribution in [0.4, 0.5) is 0 Å². The molecule has 0 radical (unpaired) electrons. The average Bonchev–Trinajstić information content (AvgIpc) is 2.05. The van der Waals surface area contributed by atoms with Gasteiger partial charge in [0.1, 0.15) is 17.7 Å². The molecule has 0 heterocycles.